The van der Waals surface area contributed by atoms with Crippen LogP contribution in [0.2, 0.25) is 6.82 Å². The molecule has 114 valence electrons. The lowest BCUT2D eigenvalue weighted by Crippen LogP contribution is -2.24. The van der Waals surface area contributed by atoms with Crippen LogP contribution in [-0.2, 0) is 20.2 Å². The molecule has 0 bridgehead atoms. The third-order valence-corrected chi connectivity index (χ3v) is 5.84. The molecule has 0 unspecified atom stereocenters. The van der Waals surface area contributed by atoms with Crippen LogP contribution < -0.4 is 5.46 Å². The van der Waals surface area contributed by atoms with Gasteiger partial charge in [-0.1, -0.05) is 50.1 Å². The maximum Gasteiger partial charge on any atom is 0.324 e. The van der Waals surface area contributed by atoms with E-state index < -0.39 is 9.84 Å². The smallest absolute Gasteiger partial charge is 0.324 e. The van der Waals surface area contributed by atoms with Gasteiger partial charge in [-0.2, -0.15) is 0 Å². The van der Waals surface area contributed by atoms with E-state index in [1.54, 1.807) is 24.3 Å². The molecule has 0 N–H and O–H groups in total. The Hall–Kier alpha value is -1.59. The van der Waals surface area contributed by atoms with Gasteiger partial charge in [0.15, 0.2) is 9.84 Å². The van der Waals surface area contributed by atoms with Crippen molar-refractivity contribution in [1.29, 1.82) is 0 Å². The van der Waals surface area contributed by atoms with Crippen molar-refractivity contribution < 1.29 is 13.1 Å². The van der Waals surface area contributed by atoms with Crippen molar-refractivity contribution in [2.45, 2.75) is 36.9 Å². The van der Waals surface area contributed by atoms with Crippen LogP contribution in [0.25, 0.3) is 0 Å². The van der Waals surface area contributed by atoms with Crippen LogP contribution in [0.3, 0.4) is 0 Å². The molecule has 0 saturated heterocycles. The monoisotopic (exact) mass is 314 g/mol. The maximum absolute atomic E-state index is 12.5. The zero-order valence-corrected chi connectivity index (χ0v) is 13.6. The molecule has 0 saturated carbocycles. The second-order valence-electron chi connectivity index (χ2n) is 5.71. The van der Waals surface area contributed by atoms with Crippen molar-refractivity contribution in [3.63, 3.8) is 0 Å². The highest BCUT2D eigenvalue weighted by Gasteiger charge is 2.31. The second kappa shape index (κ2) is 5.90. The summed E-state index contributed by atoms with van der Waals surface area (Å²) in [7, 11) is -3.31. The van der Waals surface area contributed by atoms with E-state index in [1.807, 2.05) is 31.1 Å². The molecule has 1 aliphatic rings. The van der Waals surface area contributed by atoms with Crippen molar-refractivity contribution >= 4 is 22.2 Å². The van der Waals surface area contributed by atoms with Gasteiger partial charge in [0.1, 0.15) is 0 Å². The number of hydrogen-bond donors (Lipinski definition) is 0. The molecule has 0 radical (unpaired) electrons. The Morgan fingerprint density at radius 1 is 1.14 bits per heavy atom. The molecule has 1 atom stereocenters. The molecule has 3 rings (SSSR count). The van der Waals surface area contributed by atoms with Crippen molar-refractivity contribution in [1.82, 2.24) is 0 Å². The summed E-state index contributed by atoms with van der Waals surface area (Å²) in [4.78, 5) is 0.367. The minimum atomic E-state index is -3.31. The SMILES string of the molecule is CC[C@@H]1OB(C)c2cc(CS(=O)(=O)c3ccccc3)ccc21. The molecule has 1 aliphatic heterocycles. The molecular formula is C17H19BO3S. The number of rotatable bonds is 4. The van der Waals surface area contributed by atoms with Gasteiger partial charge in [-0.25, -0.2) is 8.42 Å². The molecule has 2 aromatic rings. The van der Waals surface area contributed by atoms with Crippen LogP contribution in [-0.4, -0.2) is 15.3 Å². The fourth-order valence-electron chi connectivity index (χ4n) is 3.00. The predicted octanol–water partition coefficient (Wildman–Crippen LogP) is 2.97. The van der Waals surface area contributed by atoms with Crippen molar-refractivity contribution in [2.24, 2.45) is 0 Å². The van der Waals surface area contributed by atoms with Crippen LogP contribution >= 0.6 is 0 Å². The zero-order valence-electron chi connectivity index (χ0n) is 12.8. The third-order valence-electron chi connectivity index (χ3n) is 4.13. The Morgan fingerprint density at radius 2 is 1.86 bits per heavy atom. The standard InChI is InChI=1S/C17H19BO3S/c1-3-17-15-10-9-13(11-16(15)18(2)21-17)12-22(19,20)14-7-5-4-6-8-14/h4-11,17H,3,12H2,1-2H3/t17-/m0/s1. The van der Waals surface area contributed by atoms with Crippen molar-refractivity contribution in [3.8, 4) is 0 Å². The summed E-state index contributed by atoms with van der Waals surface area (Å²) >= 11 is 0. The van der Waals surface area contributed by atoms with E-state index in [9.17, 15) is 8.42 Å². The highest BCUT2D eigenvalue weighted by molar-refractivity contribution is 7.90. The fourth-order valence-corrected chi connectivity index (χ4v) is 4.36. The summed E-state index contributed by atoms with van der Waals surface area (Å²) in [5.74, 6) is 0.0216. The first-order chi connectivity index (χ1) is 10.5. The normalized spacial score (nSPS) is 17.5. The van der Waals surface area contributed by atoms with Crippen molar-refractivity contribution in [2.75, 3.05) is 0 Å². The van der Waals surface area contributed by atoms with Gasteiger partial charge >= 0.3 is 6.92 Å². The van der Waals surface area contributed by atoms with Gasteiger partial charge in [0, 0.05) is 0 Å². The lowest BCUT2D eigenvalue weighted by molar-refractivity contribution is 0.221. The zero-order chi connectivity index (χ0) is 15.7. The number of fused-ring (bicyclic) bond motifs is 1. The molecular weight excluding hydrogens is 295 g/mol. The van der Waals surface area contributed by atoms with Crippen molar-refractivity contribution in [3.05, 3.63) is 59.7 Å². The van der Waals surface area contributed by atoms with E-state index in [-0.39, 0.29) is 18.8 Å². The van der Waals surface area contributed by atoms with Crippen LogP contribution in [0, 0.1) is 0 Å². The Morgan fingerprint density at radius 3 is 2.55 bits per heavy atom. The van der Waals surface area contributed by atoms with E-state index in [0.29, 0.717) is 4.90 Å². The Kier molecular flexibility index (Phi) is 4.11. The van der Waals surface area contributed by atoms with Gasteiger partial charge in [-0.15, -0.1) is 0 Å². The van der Waals surface area contributed by atoms with Gasteiger partial charge < -0.3 is 4.65 Å². The number of benzene rings is 2. The molecule has 22 heavy (non-hydrogen) atoms. The average Bonchev–Trinajstić information content (AvgIpc) is 2.84. The summed E-state index contributed by atoms with van der Waals surface area (Å²) in [6.45, 7) is 4.14. The second-order valence-corrected chi connectivity index (χ2v) is 7.70. The van der Waals surface area contributed by atoms with Crippen LogP contribution in [0.5, 0.6) is 0 Å². The molecule has 0 amide bonds. The minimum absolute atomic E-state index is 0.0216. The highest BCUT2D eigenvalue weighted by Crippen LogP contribution is 2.28. The quantitative estimate of drug-likeness (QED) is 0.815. The Labute approximate surface area is 132 Å². The topological polar surface area (TPSA) is 43.4 Å². The van der Waals surface area contributed by atoms with Gasteiger partial charge in [-0.3, -0.25) is 0 Å². The van der Waals surface area contributed by atoms with E-state index in [4.69, 9.17) is 4.65 Å². The summed E-state index contributed by atoms with van der Waals surface area (Å²) in [6, 6.07) is 14.5. The first kappa shape index (κ1) is 15.3. The lowest BCUT2D eigenvalue weighted by Gasteiger charge is -2.10. The molecule has 0 spiro atoms. The largest absolute Gasteiger partial charge is 0.424 e. The average molecular weight is 314 g/mol. The minimum Gasteiger partial charge on any atom is -0.424 e. The molecule has 5 heteroatoms. The molecule has 3 nitrogen and oxygen atoms in total. The summed E-state index contributed by atoms with van der Waals surface area (Å²) in [5, 5.41) is 0. The van der Waals surface area contributed by atoms with Crippen LogP contribution in [0.4, 0.5) is 0 Å². The number of hydrogen-bond acceptors (Lipinski definition) is 3. The molecule has 0 aromatic heterocycles. The maximum atomic E-state index is 12.5. The predicted molar refractivity (Wildman–Crippen MR) is 89.1 cm³/mol. The van der Waals surface area contributed by atoms with Gasteiger partial charge in [0.05, 0.1) is 16.8 Å². The van der Waals surface area contributed by atoms with Crippen LogP contribution in [0.15, 0.2) is 53.4 Å². The van der Waals surface area contributed by atoms with Gasteiger partial charge in [-0.05, 0) is 35.1 Å². The Bertz CT molecular complexity index is 772. The van der Waals surface area contributed by atoms with Crippen LogP contribution in [0.1, 0.15) is 30.6 Å². The molecule has 0 fully saturated rings. The Balaban J connectivity index is 1.90. The first-order valence-electron chi connectivity index (χ1n) is 7.57. The van der Waals surface area contributed by atoms with E-state index in [0.717, 1.165) is 17.4 Å². The summed E-state index contributed by atoms with van der Waals surface area (Å²) < 4.78 is 30.8. The van der Waals surface area contributed by atoms with Gasteiger partial charge in [0.25, 0.3) is 0 Å². The molecule has 2 aromatic carbocycles. The number of sulfone groups is 1. The summed E-state index contributed by atoms with van der Waals surface area (Å²) in [6.07, 6.45) is 1.06. The third kappa shape index (κ3) is 2.83. The van der Waals surface area contributed by atoms with E-state index >= 15 is 0 Å². The lowest BCUT2D eigenvalue weighted by atomic mass is 9.64. The molecule has 1 heterocycles. The summed E-state index contributed by atoms with van der Waals surface area (Å²) in [5.41, 5.74) is 3.12. The first-order valence-corrected chi connectivity index (χ1v) is 9.22. The van der Waals surface area contributed by atoms with E-state index in [2.05, 4.69) is 6.92 Å². The highest BCUT2D eigenvalue weighted by atomic mass is 32.2. The fraction of sp³-hybridized carbons (Fsp3) is 0.294. The molecule has 0 aliphatic carbocycles. The van der Waals surface area contributed by atoms with Gasteiger partial charge in [0.2, 0.25) is 0 Å². The van der Waals surface area contributed by atoms with E-state index in [1.165, 1.54) is 5.56 Å².